The lowest BCUT2D eigenvalue weighted by atomic mass is 10.3. The minimum atomic E-state index is -0.364. The van der Waals surface area contributed by atoms with Crippen LogP contribution in [0.2, 0.25) is 0 Å². The number of H-pyrrole nitrogens is 1. The Morgan fingerprint density at radius 3 is 2.88 bits per heavy atom. The van der Waals surface area contributed by atoms with Crippen molar-refractivity contribution in [3.8, 4) is 0 Å². The normalized spacial score (nSPS) is 10.8. The molecule has 0 radical (unpaired) electrons. The van der Waals surface area contributed by atoms with E-state index in [0.717, 1.165) is 12.2 Å². The number of nitrogens with one attached hydrogen (secondary N) is 1. The van der Waals surface area contributed by atoms with Crippen LogP contribution in [0.1, 0.15) is 23.1 Å². The number of hydrogen-bond acceptors (Lipinski definition) is 4. The fourth-order valence-corrected chi connectivity index (χ4v) is 1.49. The lowest BCUT2D eigenvalue weighted by molar-refractivity contribution is 0.0594. The number of nitrogens with zero attached hydrogens (tertiary/aromatic N) is 1. The highest BCUT2D eigenvalue weighted by Gasteiger charge is 2.09. The van der Waals surface area contributed by atoms with E-state index in [1.165, 1.54) is 7.11 Å². The summed E-state index contributed by atoms with van der Waals surface area (Å²) in [5.74, 6) is -0.364. The molecule has 90 valence electrons. The van der Waals surface area contributed by atoms with Crippen LogP contribution in [-0.4, -0.2) is 47.8 Å². The molecule has 1 aromatic heterocycles. The zero-order valence-electron chi connectivity index (χ0n) is 9.69. The Kier molecular flexibility index (Phi) is 5.01. The predicted molar refractivity (Wildman–Crippen MR) is 60.2 cm³/mol. The highest BCUT2D eigenvalue weighted by molar-refractivity contribution is 5.87. The van der Waals surface area contributed by atoms with Crippen molar-refractivity contribution < 1.29 is 14.6 Å². The number of carbonyl (C=O) groups is 1. The first kappa shape index (κ1) is 12.7. The third-order valence-electron chi connectivity index (χ3n) is 2.41. The van der Waals surface area contributed by atoms with Gasteiger partial charge in [-0.15, -0.1) is 0 Å². The van der Waals surface area contributed by atoms with E-state index in [4.69, 9.17) is 5.11 Å². The maximum Gasteiger partial charge on any atom is 0.354 e. The van der Waals surface area contributed by atoms with Crippen LogP contribution < -0.4 is 0 Å². The molecule has 0 aliphatic heterocycles. The molecular weight excluding hydrogens is 208 g/mol. The van der Waals surface area contributed by atoms with Crippen LogP contribution in [0.5, 0.6) is 0 Å². The van der Waals surface area contributed by atoms with Gasteiger partial charge in [0.2, 0.25) is 0 Å². The summed E-state index contributed by atoms with van der Waals surface area (Å²) in [5, 5.41) is 8.85. The molecule has 0 fully saturated rings. The molecule has 0 amide bonds. The Hall–Kier alpha value is -1.33. The first-order valence-electron chi connectivity index (χ1n) is 5.30. The van der Waals surface area contributed by atoms with Gasteiger partial charge < -0.3 is 14.8 Å². The fraction of sp³-hybridized carbons (Fsp3) is 0.545. The summed E-state index contributed by atoms with van der Waals surface area (Å²) in [7, 11) is 1.35. The molecular formula is C11H18N2O3. The van der Waals surface area contributed by atoms with Gasteiger partial charge in [-0.25, -0.2) is 4.79 Å². The van der Waals surface area contributed by atoms with E-state index in [0.29, 0.717) is 18.8 Å². The number of likely N-dealkylation sites (N-methyl/N-ethyl adjacent to an activating group) is 1. The number of aliphatic hydroxyl groups excluding tert-OH is 1. The fourth-order valence-electron chi connectivity index (χ4n) is 1.49. The van der Waals surface area contributed by atoms with Crippen LogP contribution in [-0.2, 0) is 11.3 Å². The molecule has 0 aromatic carbocycles. The SMILES string of the molecule is CCN(CCO)Cc1ccc(C(=O)OC)[nH]1. The summed E-state index contributed by atoms with van der Waals surface area (Å²) >= 11 is 0. The van der Waals surface area contributed by atoms with Crippen LogP contribution in [0.3, 0.4) is 0 Å². The minimum Gasteiger partial charge on any atom is -0.464 e. The van der Waals surface area contributed by atoms with Crippen molar-refractivity contribution in [1.82, 2.24) is 9.88 Å². The molecule has 0 unspecified atom stereocenters. The van der Waals surface area contributed by atoms with Crippen LogP contribution in [0.25, 0.3) is 0 Å². The van der Waals surface area contributed by atoms with Gasteiger partial charge in [0.05, 0.1) is 13.7 Å². The first-order chi connectivity index (χ1) is 7.71. The summed E-state index contributed by atoms with van der Waals surface area (Å²) in [6, 6.07) is 3.56. The van der Waals surface area contributed by atoms with Crippen molar-refractivity contribution in [2.45, 2.75) is 13.5 Å². The summed E-state index contributed by atoms with van der Waals surface area (Å²) in [4.78, 5) is 16.3. The Balaban J connectivity index is 2.60. The second kappa shape index (κ2) is 6.30. The van der Waals surface area contributed by atoms with E-state index in [1.807, 2.05) is 13.0 Å². The molecule has 0 bridgehead atoms. The van der Waals surface area contributed by atoms with E-state index in [1.54, 1.807) is 6.07 Å². The third kappa shape index (κ3) is 3.36. The van der Waals surface area contributed by atoms with Crippen molar-refractivity contribution in [3.05, 3.63) is 23.5 Å². The molecule has 1 aromatic rings. The van der Waals surface area contributed by atoms with Crippen LogP contribution >= 0.6 is 0 Å². The Bertz CT molecular complexity index is 336. The second-order valence-corrected chi connectivity index (χ2v) is 3.48. The smallest absolute Gasteiger partial charge is 0.354 e. The standard InChI is InChI=1S/C11H18N2O3/c1-3-13(6-7-14)8-9-4-5-10(12-9)11(15)16-2/h4-5,12,14H,3,6-8H2,1-2H3. The van der Waals surface area contributed by atoms with Crippen LogP contribution in [0.4, 0.5) is 0 Å². The number of rotatable bonds is 6. The van der Waals surface area contributed by atoms with E-state index >= 15 is 0 Å². The van der Waals surface area contributed by atoms with Gasteiger partial charge in [0.15, 0.2) is 0 Å². The Morgan fingerprint density at radius 1 is 1.56 bits per heavy atom. The number of ether oxygens (including phenoxy) is 1. The summed E-state index contributed by atoms with van der Waals surface area (Å²) < 4.78 is 4.60. The van der Waals surface area contributed by atoms with Crippen LogP contribution in [0.15, 0.2) is 12.1 Å². The molecule has 0 spiro atoms. The number of carbonyl (C=O) groups excluding carboxylic acids is 1. The van der Waals surface area contributed by atoms with Gasteiger partial charge in [-0.2, -0.15) is 0 Å². The van der Waals surface area contributed by atoms with Gasteiger partial charge in [-0.05, 0) is 18.7 Å². The quantitative estimate of drug-likeness (QED) is 0.698. The average Bonchev–Trinajstić information content (AvgIpc) is 2.76. The van der Waals surface area contributed by atoms with Gasteiger partial charge in [0.25, 0.3) is 0 Å². The minimum absolute atomic E-state index is 0.137. The topological polar surface area (TPSA) is 65.6 Å². The molecule has 5 heteroatoms. The van der Waals surface area contributed by atoms with Gasteiger partial charge in [-0.1, -0.05) is 6.92 Å². The van der Waals surface area contributed by atoms with Crippen molar-refractivity contribution in [3.63, 3.8) is 0 Å². The zero-order chi connectivity index (χ0) is 12.0. The zero-order valence-corrected chi connectivity index (χ0v) is 9.69. The van der Waals surface area contributed by atoms with Gasteiger partial charge in [-0.3, -0.25) is 4.90 Å². The number of hydrogen-bond donors (Lipinski definition) is 2. The predicted octanol–water partition coefficient (Wildman–Crippen LogP) is 0.615. The summed E-state index contributed by atoms with van der Waals surface area (Å²) in [6.45, 7) is 4.34. The van der Waals surface area contributed by atoms with E-state index in [2.05, 4.69) is 14.6 Å². The Morgan fingerprint density at radius 2 is 2.31 bits per heavy atom. The van der Waals surface area contributed by atoms with Crippen molar-refractivity contribution in [2.24, 2.45) is 0 Å². The van der Waals surface area contributed by atoms with Crippen LogP contribution in [0, 0.1) is 0 Å². The van der Waals surface area contributed by atoms with E-state index in [9.17, 15) is 4.79 Å². The lowest BCUT2D eigenvalue weighted by Crippen LogP contribution is -2.26. The van der Waals surface area contributed by atoms with Crippen molar-refractivity contribution >= 4 is 5.97 Å². The molecule has 0 saturated heterocycles. The van der Waals surface area contributed by atoms with Crippen molar-refractivity contribution in [1.29, 1.82) is 0 Å². The largest absolute Gasteiger partial charge is 0.464 e. The highest BCUT2D eigenvalue weighted by atomic mass is 16.5. The molecule has 0 aliphatic carbocycles. The third-order valence-corrected chi connectivity index (χ3v) is 2.41. The first-order valence-corrected chi connectivity index (χ1v) is 5.30. The Labute approximate surface area is 95.0 Å². The van der Waals surface area contributed by atoms with E-state index in [-0.39, 0.29) is 12.6 Å². The summed E-state index contributed by atoms with van der Waals surface area (Å²) in [5.41, 5.74) is 1.40. The average molecular weight is 226 g/mol. The maximum atomic E-state index is 11.2. The molecule has 1 rings (SSSR count). The molecule has 0 atom stereocenters. The lowest BCUT2D eigenvalue weighted by Gasteiger charge is -2.17. The van der Waals surface area contributed by atoms with E-state index < -0.39 is 0 Å². The van der Waals surface area contributed by atoms with Gasteiger partial charge in [0, 0.05) is 18.8 Å². The highest BCUT2D eigenvalue weighted by Crippen LogP contribution is 2.06. The maximum absolute atomic E-state index is 11.2. The summed E-state index contributed by atoms with van der Waals surface area (Å²) in [6.07, 6.45) is 0. The number of methoxy groups -OCH3 is 1. The number of aromatic nitrogens is 1. The molecule has 0 saturated carbocycles. The molecule has 5 nitrogen and oxygen atoms in total. The second-order valence-electron chi connectivity index (χ2n) is 3.48. The van der Waals surface area contributed by atoms with Gasteiger partial charge >= 0.3 is 5.97 Å². The molecule has 1 heterocycles. The monoisotopic (exact) mass is 226 g/mol. The number of esters is 1. The molecule has 16 heavy (non-hydrogen) atoms. The molecule has 2 N–H and O–H groups in total. The van der Waals surface area contributed by atoms with Crippen molar-refractivity contribution in [2.75, 3.05) is 26.8 Å². The number of aliphatic hydroxyl groups is 1. The number of aromatic amines is 1. The molecule has 0 aliphatic rings. The van der Waals surface area contributed by atoms with Gasteiger partial charge in [0.1, 0.15) is 5.69 Å².